The average molecular weight is 334 g/mol. The lowest BCUT2D eigenvalue weighted by atomic mass is 10.1. The number of benzene rings is 3. The van der Waals surface area contributed by atoms with Crippen LogP contribution in [-0.2, 0) is 11.2 Å². The molecule has 0 radical (unpaired) electrons. The Morgan fingerprint density at radius 2 is 1.28 bits per heavy atom. The van der Waals surface area contributed by atoms with Crippen molar-refractivity contribution < 1.29 is 19.4 Å². The predicted molar refractivity (Wildman–Crippen MR) is 95.2 cm³/mol. The van der Waals surface area contributed by atoms with Gasteiger partial charge in [-0.15, -0.1) is 0 Å². The molecule has 0 bridgehead atoms. The molecule has 0 fully saturated rings. The summed E-state index contributed by atoms with van der Waals surface area (Å²) in [7, 11) is 0. The number of para-hydroxylation sites is 1. The third-order valence-corrected chi connectivity index (χ3v) is 3.62. The van der Waals surface area contributed by atoms with Gasteiger partial charge < -0.3 is 14.6 Å². The summed E-state index contributed by atoms with van der Waals surface area (Å²) in [5, 5.41) is 9.40. The van der Waals surface area contributed by atoms with E-state index in [0.717, 1.165) is 11.3 Å². The van der Waals surface area contributed by atoms with Gasteiger partial charge in [-0.25, -0.2) is 4.79 Å². The minimum Gasteiger partial charge on any atom is -0.478 e. The Hall–Kier alpha value is -3.27. The second kappa shape index (κ2) is 8.02. The van der Waals surface area contributed by atoms with Gasteiger partial charge in [-0.1, -0.05) is 48.5 Å². The van der Waals surface area contributed by atoms with E-state index < -0.39 is 12.1 Å². The van der Waals surface area contributed by atoms with E-state index in [1.807, 2.05) is 60.7 Å². The van der Waals surface area contributed by atoms with Crippen LogP contribution in [0.4, 0.5) is 0 Å². The first-order valence-electron chi connectivity index (χ1n) is 7.97. The molecule has 0 spiro atoms. The number of aliphatic carboxylic acids is 1. The van der Waals surface area contributed by atoms with E-state index in [1.54, 1.807) is 24.3 Å². The Morgan fingerprint density at radius 1 is 0.760 bits per heavy atom. The van der Waals surface area contributed by atoms with Crippen molar-refractivity contribution in [3.8, 4) is 17.2 Å². The van der Waals surface area contributed by atoms with Gasteiger partial charge in [0.2, 0.25) is 0 Å². The van der Waals surface area contributed by atoms with Crippen molar-refractivity contribution in [2.24, 2.45) is 0 Å². The van der Waals surface area contributed by atoms with Crippen molar-refractivity contribution >= 4 is 5.97 Å². The molecule has 0 heterocycles. The quantitative estimate of drug-likeness (QED) is 0.688. The standard InChI is InChI=1S/C21H18O4/c22-21(23)20(15-16-7-3-1-4-8-16)25-19-13-11-18(12-14-19)24-17-9-5-2-6-10-17/h1-14,20H,15H2,(H,22,23)/t20-/m0/s1. The zero-order valence-electron chi connectivity index (χ0n) is 13.5. The normalized spacial score (nSPS) is 11.5. The summed E-state index contributed by atoms with van der Waals surface area (Å²) in [6.07, 6.45) is -0.637. The van der Waals surface area contributed by atoms with Crippen LogP contribution in [0.15, 0.2) is 84.9 Å². The lowest BCUT2D eigenvalue weighted by Crippen LogP contribution is -2.29. The maximum Gasteiger partial charge on any atom is 0.345 e. The molecular weight excluding hydrogens is 316 g/mol. The van der Waals surface area contributed by atoms with Crippen molar-refractivity contribution in [3.63, 3.8) is 0 Å². The molecule has 0 saturated heterocycles. The van der Waals surface area contributed by atoms with E-state index in [1.165, 1.54) is 0 Å². The highest BCUT2D eigenvalue weighted by Gasteiger charge is 2.20. The van der Waals surface area contributed by atoms with Crippen LogP contribution in [-0.4, -0.2) is 17.2 Å². The summed E-state index contributed by atoms with van der Waals surface area (Å²) in [6.45, 7) is 0. The maximum absolute atomic E-state index is 11.5. The summed E-state index contributed by atoms with van der Waals surface area (Å²) < 4.78 is 11.3. The molecule has 0 aromatic heterocycles. The van der Waals surface area contributed by atoms with Crippen LogP contribution < -0.4 is 9.47 Å². The van der Waals surface area contributed by atoms with E-state index in [0.29, 0.717) is 17.9 Å². The number of hydrogen-bond acceptors (Lipinski definition) is 3. The molecule has 4 heteroatoms. The van der Waals surface area contributed by atoms with Crippen LogP contribution in [0.1, 0.15) is 5.56 Å². The number of hydrogen-bond donors (Lipinski definition) is 1. The number of ether oxygens (including phenoxy) is 2. The molecule has 4 nitrogen and oxygen atoms in total. The summed E-state index contributed by atoms with van der Waals surface area (Å²) >= 11 is 0. The second-order valence-electron chi connectivity index (χ2n) is 5.52. The fourth-order valence-corrected chi connectivity index (χ4v) is 2.38. The smallest absolute Gasteiger partial charge is 0.345 e. The van der Waals surface area contributed by atoms with Gasteiger partial charge in [-0.2, -0.15) is 0 Å². The lowest BCUT2D eigenvalue weighted by molar-refractivity contribution is -0.145. The van der Waals surface area contributed by atoms with Gasteiger partial charge in [0.15, 0.2) is 6.10 Å². The maximum atomic E-state index is 11.5. The van der Waals surface area contributed by atoms with Crippen molar-refractivity contribution in [2.75, 3.05) is 0 Å². The van der Waals surface area contributed by atoms with Crippen LogP contribution in [0.2, 0.25) is 0 Å². The Kier molecular flexibility index (Phi) is 5.32. The molecule has 3 aromatic rings. The zero-order chi connectivity index (χ0) is 17.5. The van der Waals surface area contributed by atoms with E-state index in [9.17, 15) is 9.90 Å². The van der Waals surface area contributed by atoms with Gasteiger partial charge in [0.1, 0.15) is 17.2 Å². The highest BCUT2D eigenvalue weighted by Crippen LogP contribution is 2.24. The highest BCUT2D eigenvalue weighted by atomic mass is 16.5. The molecule has 1 atom stereocenters. The Labute approximate surface area is 146 Å². The number of carboxylic acids is 1. The zero-order valence-corrected chi connectivity index (χ0v) is 13.5. The molecule has 0 unspecified atom stereocenters. The molecule has 0 aliphatic carbocycles. The topological polar surface area (TPSA) is 55.8 Å². The van der Waals surface area contributed by atoms with Gasteiger partial charge in [0.25, 0.3) is 0 Å². The third kappa shape index (κ3) is 4.85. The van der Waals surface area contributed by atoms with Gasteiger partial charge >= 0.3 is 5.97 Å². The average Bonchev–Trinajstić information content (AvgIpc) is 2.64. The molecule has 3 aromatic carbocycles. The molecule has 126 valence electrons. The second-order valence-corrected chi connectivity index (χ2v) is 5.52. The van der Waals surface area contributed by atoms with E-state index in [2.05, 4.69) is 0 Å². The fourth-order valence-electron chi connectivity index (χ4n) is 2.38. The van der Waals surface area contributed by atoms with Gasteiger partial charge in [-0.3, -0.25) is 0 Å². The minimum atomic E-state index is -0.992. The SMILES string of the molecule is O=C(O)[C@H](Cc1ccccc1)Oc1ccc(Oc2ccccc2)cc1. The van der Waals surface area contributed by atoms with Crippen molar-refractivity contribution in [1.82, 2.24) is 0 Å². The third-order valence-electron chi connectivity index (χ3n) is 3.62. The molecule has 3 rings (SSSR count). The molecule has 0 amide bonds. The molecule has 0 aliphatic heterocycles. The first-order valence-corrected chi connectivity index (χ1v) is 7.97. The number of carbonyl (C=O) groups is 1. The summed E-state index contributed by atoms with van der Waals surface area (Å²) in [5.74, 6) is 0.898. The van der Waals surface area contributed by atoms with Crippen molar-refractivity contribution in [2.45, 2.75) is 12.5 Å². The molecule has 25 heavy (non-hydrogen) atoms. The highest BCUT2D eigenvalue weighted by molar-refractivity contribution is 5.73. The first kappa shape index (κ1) is 16.6. The first-order chi connectivity index (χ1) is 12.2. The fraction of sp³-hybridized carbons (Fsp3) is 0.0952. The van der Waals surface area contributed by atoms with Crippen LogP contribution >= 0.6 is 0 Å². The lowest BCUT2D eigenvalue weighted by Gasteiger charge is -2.15. The number of rotatable bonds is 7. The molecular formula is C21H18O4. The van der Waals surface area contributed by atoms with Crippen molar-refractivity contribution in [3.05, 3.63) is 90.5 Å². The summed E-state index contributed by atoms with van der Waals surface area (Å²) in [6, 6.07) is 25.8. The van der Waals surface area contributed by atoms with Gasteiger partial charge in [0.05, 0.1) is 0 Å². The van der Waals surface area contributed by atoms with Crippen LogP contribution in [0.5, 0.6) is 17.2 Å². The Balaban J connectivity index is 1.65. The minimum absolute atomic E-state index is 0.304. The largest absolute Gasteiger partial charge is 0.478 e. The van der Waals surface area contributed by atoms with Crippen LogP contribution in [0.25, 0.3) is 0 Å². The number of carboxylic acid groups (broad SMARTS) is 1. The monoisotopic (exact) mass is 334 g/mol. The molecule has 0 saturated carbocycles. The molecule has 0 aliphatic rings. The predicted octanol–water partition coefficient (Wildman–Crippen LogP) is 4.55. The molecule has 1 N–H and O–H groups in total. The van der Waals surface area contributed by atoms with Crippen molar-refractivity contribution in [1.29, 1.82) is 0 Å². The summed E-state index contributed by atoms with van der Waals surface area (Å²) in [4.78, 5) is 11.5. The van der Waals surface area contributed by atoms with Gasteiger partial charge in [-0.05, 0) is 42.0 Å². The summed E-state index contributed by atoms with van der Waals surface area (Å²) in [5.41, 5.74) is 0.916. The van der Waals surface area contributed by atoms with E-state index in [4.69, 9.17) is 9.47 Å². The van der Waals surface area contributed by atoms with E-state index in [-0.39, 0.29) is 0 Å². The van der Waals surface area contributed by atoms with Gasteiger partial charge in [0, 0.05) is 6.42 Å². The van der Waals surface area contributed by atoms with E-state index >= 15 is 0 Å². The van der Waals surface area contributed by atoms with Crippen LogP contribution in [0.3, 0.4) is 0 Å². The Morgan fingerprint density at radius 3 is 1.88 bits per heavy atom. The van der Waals surface area contributed by atoms with Crippen LogP contribution in [0, 0.1) is 0 Å². The Bertz CT molecular complexity index is 798.